The third-order valence-electron chi connectivity index (χ3n) is 5.51. The van der Waals surface area contributed by atoms with Crippen LogP contribution in [0, 0.1) is 5.92 Å². The van der Waals surface area contributed by atoms with E-state index in [9.17, 15) is 19.5 Å². The summed E-state index contributed by atoms with van der Waals surface area (Å²) < 4.78 is 0. The first-order valence-corrected chi connectivity index (χ1v) is 12.7. The van der Waals surface area contributed by atoms with Crippen molar-refractivity contribution in [3.63, 3.8) is 0 Å². The molecule has 0 bridgehead atoms. The lowest BCUT2D eigenvalue weighted by atomic mass is 9.89. The van der Waals surface area contributed by atoms with E-state index in [4.69, 9.17) is 10.8 Å². The number of carboxylic acids is 1. The number of carbonyl (C=O) groups excluding carboxylic acids is 2. The first-order valence-electron chi connectivity index (χ1n) is 12.1. The third-order valence-corrected chi connectivity index (χ3v) is 5.88. The molecule has 5 N–H and O–H groups in total. The van der Waals surface area contributed by atoms with Crippen LogP contribution in [-0.4, -0.2) is 52.3 Å². The molecule has 186 valence electrons. The van der Waals surface area contributed by atoms with Gasteiger partial charge in [-0.3, -0.25) is 14.4 Å². The molecule has 0 heterocycles. The second-order valence-corrected chi connectivity index (χ2v) is 8.70. The topological polar surface area (TPSA) is 130 Å². The van der Waals surface area contributed by atoms with Crippen molar-refractivity contribution in [3.05, 3.63) is 12.2 Å². The van der Waals surface area contributed by atoms with Crippen LogP contribution in [0.25, 0.3) is 0 Å². The van der Waals surface area contributed by atoms with Gasteiger partial charge in [-0.2, -0.15) is 12.6 Å². The molecular weight excluding hydrogens is 428 g/mol. The number of carboxylic acid groups (broad SMARTS) is 1. The fraction of sp³-hybridized carbons (Fsp3) is 0.792. The van der Waals surface area contributed by atoms with Crippen molar-refractivity contribution < 1.29 is 24.6 Å². The van der Waals surface area contributed by atoms with E-state index in [1.54, 1.807) is 6.08 Å². The Bertz CT molecular complexity index is 557. The predicted molar refractivity (Wildman–Crippen MR) is 132 cm³/mol. The molecule has 3 atom stereocenters. The van der Waals surface area contributed by atoms with Gasteiger partial charge in [-0.25, -0.2) is 0 Å². The number of aliphatic hydroxyl groups is 1. The minimum absolute atomic E-state index is 0.0432. The van der Waals surface area contributed by atoms with Crippen LogP contribution in [0.15, 0.2) is 12.2 Å². The summed E-state index contributed by atoms with van der Waals surface area (Å²) in [4.78, 5) is 35.3. The molecule has 8 heteroatoms. The summed E-state index contributed by atoms with van der Waals surface area (Å²) in [6, 6.07) is -0.888. The molecule has 0 fully saturated rings. The Morgan fingerprint density at radius 2 is 1.56 bits per heavy atom. The van der Waals surface area contributed by atoms with Crippen LogP contribution < -0.4 is 11.1 Å². The molecule has 0 aromatic carbocycles. The number of hydrogen-bond acceptors (Lipinski definition) is 6. The monoisotopic (exact) mass is 472 g/mol. The first kappa shape index (κ1) is 30.6. The van der Waals surface area contributed by atoms with Gasteiger partial charge in [0.15, 0.2) is 5.78 Å². The Kier molecular flexibility index (Phi) is 19.4. The molecule has 32 heavy (non-hydrogen) atoms. The fourth-order valence-corrected chi connectivity index (χ4v) is 3.82. The number of nitrogens with one attached hydrogen (secondary N) is 1. The molecule has 0 spiro atoms. The van der Waals surface area contributed by atoms with Crippen molar-refractivity contribution in [2.24, 2.45) is 11.7 Å². The van der Waals surface area contributed by atoms with Crippen LogP contribution in [0.1, 0.15) is 90.4 Å². The van der Waals surface area contributed by atoms with Crippen LogP contribution in [0.2, 0.25) is 0 Å². The molecular formula is C24H44N2O5S. The highest BCUT2D eigenvalue weighted by molar-refractivity contribution is 7.80. The van der Waals surface area contributed by atoms with Crippen LogP contribution >= 0.6 is 12.6 Å². The van der Waals surface area contributed by atoms with Crippen molar-refractivity contribution >= 4 is 30.3 Å². The van der Waals surface area contributed by atoms with Gasteiger partial charge in [0.05, 0.1) is 24.6 Å². The average molecular weight is 473 g/mol. The van der Waals surface area contributed by atoms with Crippen molar-refractivity contribution in [2.75, 3.05) is 12.3 Å². The number of Topliss-reactive ketones (excluding diaryl/α,β-unsaturated/α-hetero) is 1. The summed E-state index contributed by atoms with van der Waals surface area (Å²) in [5, 5.41) is 21.8. The molecule has 0 aliphatic rings. The van der Waals surface area contributed by atoms with Gasteiger partial charge in [0.2, 0.25) is 5.91 Å². The zero-order valence-corrected chi connectivity index (χ0v) is 20.5. The van der Waals surface area contributed by atoms with Crippen molar-refractivity contribution in [3.8, 4) is 0 Å². The van der Waals surface area contributed by atoms with Gasteiger partial charge >= 0.3 is 5.97 Å². The lowest BCUT2D eigenvalue weighted by molar-refractivity contribution is -0.138. The summed E-state index contributed by atoms with van der Waals surface area (Å²) in [5.41, 5.74) is 5.30. The second kappa shape index (κ2) is 20.2. The molecule has 0 saturated heterocycles. The quantitative estimate of drug-likeness (QED) is 0.0985. The van der Waals surface area contributed by atoms with Crippen molar-refractivity contribution in [1.82, 2.24) is 5.32 Å². The number of allylic oxidation sites excluding steroid dienone is 1. The number of aliphatic carboxylic acids is 1. The lowest BCUT2D eigenvalue weighted by Crippen LogP contribution is -2.48. The van der Waals surface area contributed by atoms with Crippen LogP contribution in [-0.2, 0) is 14.4 Å². The molecule has 0 aliphatic heterocycles. The zero-order chi connectivity index (χ0) is 24.2. The molecule has 0 aromatic heterocycles. The Morgan fingerprint density at radius 1 is 1.00 bits per heavy atom. The lowest BCUT2D eigenvalue weighted by Gasteiger charge is -2.23. The van der Waals surface area contributed by atoms with E-state index in [0.29, 0.717) is 0 Å². The number of rotatable bonds is 21. The molecule has 0 rings (SSSR count). The van der Waals surface area contributed by atoms with Gasteiger partial charge in [0.25, 0.3) is 0 Å². The van der Waals surface area contributed by atoms with Crippen molar-refractivity contribution in [2.45, 2.75) is 103 Å². The number of unbranched alkanes of at least 4 members (excludes halogenated alkanes) is 10. The summed E-state index contributed by atoms with van der Waals surface area (Å²) in [6.07, 6.45) is 15.3. The number of nitrogens with two attached hydrogens (primary N) is 1. The number of thiol groups is 1. The van der Waals surface area contributed by atoms with Gasteiger partial charge in [0, 0.05) is 12.2 Å². The molecule has 0 saturated carbocycles. The van der Waals surface area contributed by atoms with Gasteiger partial charge in [0.1, 0.15) is 0 Å². The minimum atomic E-state index is -1.14. The fourth-order valence-electron chi connectivity index (χ4n) is 3.55. The highest BCUT2D eigenvalue weighted by Gasteiger charge is 2.30. The summed E-state index contributed by atoms with van der Waals surface area (Å²) in [6.45, 7) is 1.97. The summed E-state index contributed by atoms with van der Waals surface area (Å²) in [5.74, 6) is -2.73. The molecule has 7 nitrogen and oxygen atoms in total. The summed E-state index contributed by atoms with van der Waals surface area (Å²) in [7, 11) is 0. The standard InChI is InChI=1S/C24H44N2O5S/c1-2-3-4-5-6-7-8-9-10-11-12-13-14-19(21(27)15-16-23(29)30)24(31)20(18-32)26-22(28)17-25/h13-14,19-21,27,32H,2-12,15-18,25H2,1H3,(H,26,28)(H,29,30)/t19-,20?,21+/m0/s1. The third kappa shape index (κ3) is 15.4. The highest BCUT2D eigenvalue weighted by atomic mass is 32.1. The number of amides is 1. The molecule has 0 aliphatic carbocycles. The number of carbonyl (C=O) groups is 3. The van der Waals surface area contributed by atoms with Crippen LogP contribution in [0.3, 0.4) is 0 Å². The molecule has 0 radical (unpaired) electrons. The Labute approximate surface area is 199 Å². The van der Waals surface area contributed by atoms with Gasteiger partial charge in [-0.15, -0.1) is 0 Å². The number of ketones is 1. The van der Waals surface area contributed by atoms with E-state index in [0.717, 1.165) is 19.3 Å². The van der Waals surface area contributed by atoms with Gasteiger partial charge in [-0.05, 0) is 19.3 Å². The molecule has 1 amide bonds. The number of hydrogen-bond donors (Lipinski definition) is 5. The van der Waals surface area contributed by atoms with E-state index >= 15 is 0 Å². The SMILES string of the molecule is CCCCCCCCCCCCC=C[C@H](C(=O)C(CS)NC(=O)CN)[C@H](O)CCC(=O)O. The maximum atomic E-state index is 12.9. The van der Waals surface area contributed by atoms with Gasteiger partial charge < -0.3 is 21.3 Å². The maximum Gasteiger partial charge on any atom is 0.303 e. The number of aliphatic hydroxyl groups excluding tert-OH is 1. The first-order chi connectivity index (χ1) is 15.4. The highest BCUT2D eigenvalue weighted by Crippen LogP contribution is 2.17. The zero-order valence-electron chi connectivity index (χ0n) is 19.6. The van der Waals surface area contributed by atoms with E-state index in [2.05, 4.69) is 24.9 Å². The van der Waals surface area contributed by atoms with Crippen LogP contribution in [0.4, 0.5) is 0 Å². The molecule has 0 aromatic rings. The Balaban J connectivity index is 4.56. The maximum absolute atomic E-state index is 12.9. The normalized spacial score (nSPS) is 14.2. The Hall–Kier alpha value is -1.38. The van der Waals surface area contributed by atoms with E-state index in [1.165, 1.54) is 51.4 Å². The van der Waals surface area contributed by atoms with Gasteiger partial charge in [-0.1, -0.05) is 76.9 Å². The van der Waals surface area contributed by atoms with E-state index in [1.807, 2.05) is 6.08 Å². The summed E-state index contributed by atoms with van der Waals surface area (Å²) >= 11 is 4.13. The molecule has 1 unspecified atom stereocenters. The predicted octanol–water partition coefficient (Wildman–Crippen LogP) is 3.64. The van der Waals surface area contributed by atoms with Crippen molar-refractivity contribution in [1.29, 1.82) is 0 Å². The Morgan fingerprint density at radius 3 is 2.06 bits per heavy atom. The average Bonchev–Trinajstić information content (AvgIpc) is 2.78. The largest absolute Gasteiger partial charge is 0.481 e. The van der Waals surface area contributed by atoms with E-state index < -0.39 is 29.9 Å². The van der Waals surface area contributed by atoms with Crippen LogP contribution in [0.5, 0.6) is 0 Å². The smallest absolute Gasteiger partial charge is 0.303 e. The van der Waals surface area contributed by atoms with E-state index in [-0.39, 0.29) is 30.9 Å². The minimum Gasteiger partial charge on any atom is -0.481 e. The second-order valence-electron chi connectivity index (χ2n) is 8.33.